The number of hydrogen-bond acceptors (Lipinski definition) is 7. The smallest absolute Gasteiger partial charge is 0.211 e. The third-order valence-corrected chi connectivity index (χ3v) is 6.52. The lowest BCUT2D eigenvalue weighted by Gasteiger charge is -2.50. The van der Waals surface area contributed by atoms with Crippen molar-refractivity contribution in [1.82, 2.24) is 4.90 Å². The molecule has 1 aromatic rings. The number of fused-ring (bicyclic) bond motifs is 1. The Labute approximate surface area is 158 Å². The highest BCUT2D eigenvalue weighted by Crippen LogP contribution is 2.63. The van der Waals surface area contributed by atoms with Gasteiger partial charge in [-0.15, -0.1) is 0 Å². The van der Waals surface area contributed by atoms with Crippen molar-refractivity contribution >= 4 is 5.78 Å². The maximum absolute atomic E-state index is 12.8. The van der Waals surface area contributed by atoms with Crippen LogP contribution in [0.5, 0.6) is 11.5 Å². The lowest BCUT2D eigenvalue weighted by molar-refractivity contribution is -0.256. The quantitative estimate of drug-likeness (QED) is 0.800. The van der Waals surface area contributed by atoms with Crippen molar-refractivity contribution in [2.75, 3.05) is 42.0 Å². The third kappa shape index (κ3) is 2.05. The van der Waals surface area contributed by atoms with Crippen LogP contribution in [0.15, 0.2) is 24.0 Å². The molecule has 7 nitrogen and oxygen atoms in total. The molecule has 0 radical (unpaired) electrons. The number of ether oxygens (including phenoxy) is 4. The summed E-state index contributed by atoms with van der Waals surface area (Å²) >= 11 is 0. The van der Waals surface area contributed by atoms with Crippen LogP contribution in [0.1, 0.15) is 17.5 Å². The van der Waals surface area contributed by atoms with Gasteiger partial charge in [0.05, 0.1) is 20.3 Å². The molecule has 7 heteroatoms. The number of nitrogens with zero attached hydrogens (tertiary/aromatic N) is 1. The highest BCUT2D eigenvalue weighted by Gasteiger charge is 2.68. The van der Waals surface area contributed by atoms with E-state index in [-0.39, 0.29) is 29.9 Å². The molecule has 27 heavy (non-hydrogen) atoms. The Morgan fingerprint density at radius 1 is 1.15 bits per heavy atom. The number of methoxy groups -OCH3 is 4. The summed E-state index contributed by atoms with van der Waals surface area (Å²) in [6.07, 6.45) is 2.12. The van der Waals surface area contributed by atoms with Crippen molar-refractivity contribution in [3.05, 3.63) is 35.1 Å². The molecule has 1 fully saturated rings. The van der Waals surface area contributed by atoms with Crippen molar-refractivity contribution in [2.24, 2.45) is 5.92 Å². The minimum atomic E-state index is -1.09. The summed E-state index contributed by atoms with van der Waals surface area (Å²) in [4.78, 5) is 14.9. The van der Waals surface area contributed by atoms with E-state index in [0.29, 0.717) is 23.6 Å². The molecule has 1 N–H and O–H groups in total. The Bertz CT molecular complexity index is 830. The summed E-state index contributed by atoms with van der Waals surface area (Å²) in [5, 5.41) is 11.1. The third-order valence-electron chi connectivity index (χ3n) is 6.52. The number of phenolic OH excluding ortho intramolecular Hbond substituents is 1. The van der Waals surface area contributed by atoms with E-state index >= 15 is 0 Å². The maximum atomic E-state index is 12.8. The van der Waals surface area contributed by atoms with E-state index in [0.717, 1.165) is 5.56 Å². The summed E-state index contributed by atoms with van der Waals surface area (Å²) in [5.41, 5.74) is 0.807. The Kier molecular flexibility index (Phi) is 4.03. The first-order valence-electron chi connectivity index (χ1n) is 8.90. The molecule has 2 bridgehead atoms. The van der Waals surface area contributed by atoms with Crippen LogP contribution in [-0.2, 0) is 30.2 Å². The van der Waals surface area contributed by atoms with Gasteiger partial charge in [0, 0.05) is 49.6 Å². The molecule has 1 unspecified atom stereocenters. The number of carbonyl (C=O) groups is 1. The second-order valence-corrected chi connectivity index (χ2v) is 7.49. The average Bonchev–Trinajstić information content (AvgIpc) is 2.90. The molecule has 1 aliphatic heterocycles. The van der Waals surface area contributed by atoms with Crippen LogP contribution in [0.3, 0.4) is 0 Å². The molecule has 146 valence electrons. The summed E-state index contributed by atoms with van der Waals surface area (Å²) in [6, 6.07) is 3.40. The first-order valence-corrected chi connectivity index (χ1v) is 8.90. The first kappa shape index (κ1) is 18.3. The SMILES string of the molecule is COC1=CC2[C@H]3N(C)C[C@]2(CC1=O)c1c(ccc(OC)c1O)C3(OC)OC. The number of carbonyl (C=O) groups excluding carboxylic acids is 1. The molecule has 0 saturated carbocycles. The second kappa shape index (κ2) is 5.95. The van der Waals surface area contributed by atoms with E-state index in [2.05, 4.69) is 4.90 Å². The van der Waals surface area contributed by atoms with E-state index in [1.54, 1.807) is 20.3 Å². The van der Waals surface area contributed by atoms with Gasteiger partial charge >= 0.3 is 0 Å². The second-order valence-electron chi connectivity index (χ2n) is 7.49. The number of Topliss-reactive ketones (excluding diaryl/α,β-unsaturated/α-hetero) is 1. The van der Waals surface area contributed by atoms with Gasteiger partial charge in [-0.2, -0.15) is 0 Å². The van der Waals surface area contributed by atoms with Gasteiger partial charge in [0.2, 0.25) is 5.79 Å². The van der Waals surface area contributed by atoms with E-state index in [1.165, 1.54) is 14.2 Å². The highest BCUT2D eigenvalue weighted by molar-refractivity contribution is 5.96. The standard InChI is InChI=1S/C20H25NO6/c1-21-10-19-9-13(22)15(25-3)8-12(19)18(21)20(26-4,27-5)11-6-7-14(24-2)17(23)16(11)19/h6-8,12,18,23H,9-10H2,1-5H3/t12?,18-,19+/m1/s1. The van der Waals surface area contributed by atoms with Gasteiger partial charge in [0.1, 0.15) is 0 Å². The van der Waals surface area contributed by atoms with Gasteiger partial charge in [0.25, 0.3) is 0 Å². The number of benzene rings is 1. The largest absolute Gasteiger partial charge is 0.504 e. The topological polar surface area (TPSA) is 77.5 Å². The number of allylic oxidation sites excluding steroid dienone is 1. The fourth-order valence-corrected chi connectivity index (χ4v) is 5.56. The highest BCUT2D eigenvalue weighted by atomic mass is 16.7. The number of ketones is 1. The number of phenols is 1. The Morgan fingerprint density at radius 2 is 1.85 bits per heavy atom. The number of aromatic hydroxyl groups is 1. The molecule has 0 aromatic heterocycles. The fourth-order valence-electron chi connectivity index (χ4n) is 5.56. The number of hydrogen-bond donors (Lipinski definition) is 1. The molecule has 0 amide bonds. The minimum Gasteiger partial charge on any atom is -0.504 e. The van der Waals surface area contributed by atoms with Gasteiger partial charge in [-0.25, -0.2) is 0 Å². The van der Waals surface area contributed by atoms with Crippen LogP contribution < -0.4 is 4.74 Å². The summed E-state index contributed by atoms with van der Waals surface area (Å²) < 4.78 is 22.6. The Morgan fingerprint density at radius 3 is 2.44 bits per heavy atom. The van der Waals surface area contributed by atoms with Crippen molar-refractivity contribution in [2.45, 2.75) is 23.7 Å². The van der Waals surface area contributed by atoms with Gasteiger partial charge < -0.3 is 24.1 Å². The van der Waals surface area contributed by atoms with Crippen LogP contribution in [-0.4, -0.2) is 63.9 Å². The zero-order chi connectivity index (χ0) is 19.6. The van der Waals surface area contributed by atoms with Crippen molar-refractivity contribution in [3.63, 3.8) is 0 Å². The molecule has 3 atom stereocenters. The van der Waals surface area contributed by atoms with Gasteiger partial charge in [-0.1, -0.05) is 0 Å². The van der Waals surface area contributed by atoms with Crippen molar-refractivity contribution in [1.29, 1.82) is 0 Å². The number of likely N-dealkylation sites (N-methyl/N-ethyl adjacent to an activating group) is 1. The summed E-state index contributed by atoms with van der Waals surface area (Å²) in [6.45, 7) is 0.587. The number of likely N-dealkylation sites (tertiary alicyclic amines) is 1. The zero-order valence-electron chi connectivity index (χ0n) is 16.2. The lowest BCUT2D eigenvalue weighted by atomic mass is 9.58. The summed E-state index contributed by atoms with van der Waals surface area (Å²) in [5.74, 6) is -0.533. The Balaban J connectivity index is 2.09. The molecule has 3 aliphatic rings. The normalized spacial score (nSPS) is 31.1. The molecular weight excluding hydrogens is 350 g/mol. The summed E-state index contributed by atoms with van der Waals surface area (Å²) in [7, 11) is 8.20. The van der Waals surface area contributed by atoms with E-state index in [9.17, 15) is 9.90 Å². The van der Waals surface area contributed by atoms with Gasteiger partial charge in [0.15, 0.2) is 23.0 Å². The molecule has 1 saturated heterocycles. The van der Waals surface area contributed by atoms with Crippen LogP contribution in [0.2, 0.25) is 0 Å². The predicted octanol–water partition coefficient (Wildman–Crippen LogP) is 1.53. The molecule has 2 aliphatic carbocycles. The molecule has 4 rings (SSSR count). The monoisotopic (exact) mass is 375 g/mol. The molecule has 0 spiro atoms. The lowest BCUT2D eigenvalue weighted by Crippen LogP contribution is -2.57. The van der Waals surface area contributed by atoms with Crippen LogP contribution in [0.4, 0.5) is 0 Å². The van der Waals surface area contributed by atoms with Crippen molar-refractivity contribution < 1.29 is 28.8 Å². The molecule has 1 heterocycles. The zero-order valence-corrected chi connectivity index (χ0v) is 16.2. The van der Waals surface area contributed by atoms with Gasteiger partial charge in [-0.3, -0.25) is 9.69 Å². The van der Waals surface area contributed by atoms with Crippen LogP contribution in [0, 0.1) is 5.92 Å². The fraction of sp³-hybridized carbons (Fsp3) is 0.550. The van der Waals surface area contributed by atoms with Crippen LogP contribution in [0.25, 0.3) is 0 Å². The van der Waals surface area contributed by atoms with E-state index in [4.69, 9.17) is 18.9 Å². The molecular formula is C20H25NO6. The Hall–Kier alpha value is -2.09. The first-order chi connectivity index (χ1) is 12.9. The molecule has 1 aromatic carbocycles. The van der Waals surface area contributed by atoms with E-state index < -0.39 is 11.2 Å². The predicted molar refractivity (Wildman–Crippen MR) is 96.7 cm³/mol. The van der Waals surface area contributed by atoms with E-state index in [1.807, 2.05) is 19.2 Å². The number of rotatable bonds is 4. The minimum absolute atomic E-state index is 0.0364. The van der Waals surface area contributed by atoms with Crippen LogP contribution >= 0.6 is 0 Å². The average molecular weight is 375 g/mol. The van der Waals surface area contributed by atoms with Gasteiger partial charge in [-0.05, 0) is 25.3 Å². The van der Waals surface area contributed by atoms with Crippen molar-refractivity contribution in [3.8, 4) is 11.5 Å². The maximum Gasteiger partial charge on any atom is 0.211 e.